The van der Waals surface area contributed by atoms with E-state index in [2.05, 4.69) is 120 Å². The third-order valence-corrected chi connectivity index (χ3v) is 12.3. The van der Waals surface area contributed by atoms with Gasteiger partial charge in [0.25, 0.3) is 0 Å². The van der Waals surface area contributed by atoms with Crippen LogP contribution in [0.5, 0.6) is 0 Å². The molecule has 0 saturated carbocycles. The molecule has 6 nitrogen and oxygen atoms in total. The Kier molecular flexibility index (Phi) is 9.04. The van der Waals surface area contributed by atoms with E-state index < -0.39 is 6.98 Å². The zero-order chi connectivity index (χ0) is 42.6. The molecule has 7 aromatic carbocycles. The van der Waals surface area contributed by atoms with Crippen molar-refractivity contribution >= 4 is 80.1 Å². The maximum absolute atomic E-state index is 9.83. The standard InChI is InChI=1S/C56H37BN4O2/c1-3-10-46-50(4-2)62-52-17-8-12-42(54(46)52)37-23-24-38(31-37)44-14-7-15-45-48-32-39(43-13-9-18-53-55(43)47-11-5-6-16-51(47)63-53)25-30-49(48)61(41-28-21-36(34-59)22-29-41)57(56(44)45)60-40-26-19-35(33-58)20-27-40/h3-32,38,60H,2H2,1H3/b10-3-. The maximum Gasteiger partial charge on any atom is 0.414 e. The highest BCUT2D eigenvalue weighted by Crippen LogP contribution is 2.46. The molecule has 0 fully saturated rings. The van der Waals surface area contributed by atoms with Crippen LogP contribution in [0.3, 0.4) is 0 Å². The smallest absolute Gasteiger partial charge is 0.414 e. The summed E-state index contributed by atoms with van der Waals surface area (Å²) in [5, 5.41) is 26.6. The van der Waals surface area contributed by atoms with Gasteiger partial charge >= 0.3 is 6.98 Å². The maximum atomic E-state index is 9.83. The zero-order valence-corrected chi connectivity index (χ0v) is 34.3. The Morgan fingerprint density at radius 3 is 2.16 bits per heavy atom. The molecule has 0 bridgehead atoms. The van der Waals surface area contributed by atoms with Crippen LogP contribution in [-0.2, 0) is 0 Å². The normalized spacial score (nSPS) is 14.2. The Hall–Kier alpha value is -8.52. The van der Waals surface area contributed by atoms with Crippen LogP contribution < -0.4 is 15.5 Å². The van der Waals surface area contributed by atoms with Crippen LogP contribution in [0, 0.1) is 22.7 Å². The zero-order valence-electron chi connectivity index (χ0n) is 34.3. The molecular formula is C56H37BN4O2. The van der Waals surface area contributed by atoms with Gasteiger partial charge in [-0.15, -0.1) is 0 Å². The number of nitrogens with zero attached hydrogens (tertiary/aromatic N) is 3. The number of benzene rings is 7. The molecule has 296 valence electrons. The van der Waals surface area contributed by atoms with Gasteiger partial charge in [0.1, 0.15) is 22.5 Å². The number of nitriles is 2. The molecule has 9 aromatic rings. The van der Waals surface area contributed by atoms with Gasteiger partial charge in [0.15, 0.2) is 0 Å². The van der Waals surface area contributed by atoms with Crippen LogP contribution in [0.2, 0.25) is 0 Å². The first-order valence-corrected chi connectivity index (χ1v) is 21.0. The summed E-state index contributed by atoms with van der Waals surface area (Å²) in [4.78, 5) is 2.34. The lowest BCUT2D eigenvalue weighted by Crippen LogP contribution is -2.56. The van der Waals surface area contributed by atoms with Crippen molar-refractivity contribution in [2.24, 2.45) is 0 Å². The van der Waals surface area contributed by atoms with Crippen molar-refractivity contribution in [3.05, 3.63) is 210 Å². The number of furan rings is 2. The highest BCUT2D eigenvalue weighted by molar-refractivity contribution is 6.83. The number of fused-ring (bicyclic) bond motifs is 7. The fourth-order valence-electron chi connectivity index (χ4n) is 9.55. The van der Waals surface area contributed by atoms with E-state index in [4.69, 9.17) is 8.83 Å². The van der Waals surface area contributed by atoms with Gasteiger partial charge < -0.3 is 18.9 Å². The van der Waals surface area contributed by atoms with Crippen LogP contribution in [0.1, 0.15) is 46.4 Å². The van der Waals surface area contributed by atoms with Gasteiger partial charge in [-0.05, 0) is 131 Å². The van der Waals surface area contributed by atoms with E-state index in [0.29, 0.717) is 11.1 Å². The van der Waals surface area contributed by atoms with Gasteiger partial charge in [-0.1, -0.05) is 104 Å². The number of allylic oxidation sites excluding steroid dienone is 5. The number of para-hydroxylation sites is 1. The van der Waals surface area contributed by atoms with Crippen molar-refractivity contribution in [3.8, 4) is 34.4 Å². The van der Waals surface area contributed by atoms with Crippen LogP contribution in [0.4, 0.5) is 17.1 Å². The Morgan fingerprint density at radius 1 is 0.698 bits per heavy atom. The monoisotopic (exact) mass is 808 g/mol. The second-order valence-electron chi connectivity index (χ2n) is 15.9. The summed E-state index contributed by atoms with van der Waals surface area (Å²) < 4.78 is 12.6. The lowest BCUT2D eigenvalue weighted by atomic mass is 9.56. The van der Waals surface area contributed by atoms with E-state index in [1.54, 1.807) is 6.08 Å². The van der Waals surface area contributed by atoms with E-state index >= 15 is 0 Å². The minimum atomic E-state index is -0.392. The fraction of sp³-hybridized carbons (Fsp3) is 0.0357. The molecular weight excluding hydrogens is 771 g/mol. The largest absolute Gasteiger partial charge is 0.456 e. The van der Waals surface area contributed by atoms with Crippen molar-refractivity contribution < 1.29 is 8.83 Å². The second kappa shape index (κ2) is 15.2. The average Bonchev–Trinajstić information content (AvgIpc) is 4.08. The summed E-state index contributed by atoms with van der Waals surface area (Å²) in [7, 11) is 0. The van der Waals surface area contributed by atoms with E-state index in [9.17, 15) is 10.5 Å². The third-order valence-electron chi connectivity index (χ3n) is 12.3. The molecule has 2 aliphatic rings. The Labute approximate surface area is 365 Å². The molecule has 3 heterocycles. The summed E-state index contributed by atoms with van der Waals surface area (Å²) in [6.45, 7) is 5.66. The highest BCUT2D eigenvalue weighted by Gasteiger charge is 2.40. The van der Waals surface area contributed by atoms with Crippen molar-refractivity contribution in [2.45, 2.75) is 12.8 Å². The van der Waals surface area contributed by atoms with Crippen molar-refractivity contribution in [1.82, 2.24) is 0 Å². The second-order valence-corrected chi connectivity index (χ2v) is 15.9. The molecule has 1 atom stereocenters. The Morgan fingerprint density at radius 2 is 1.40 bits per heavy atom. The number of nitrogens with one attached hydrogen (secondary N) is 1. The molecule has 1 unspecified atom stereocenters. The van der Waals surface area contributed by atoms with Crippen molar-refractivity contribution in [2.75, 3.05) is 10.0 Å². The molecule has 0 amide bonds. The lowest BCUT2D eigenvalue weighted by Gasteiger charge is -2.40. The van der Waals surface area contributed by atoms with Crippen LogP contribution in [0.25, 0.3) is 72.9 Å². The van der Waals surface area contributed by atoms with Gasteiger partial charge in [0.2, 0.25) is 0 Å². The van der Waals surface area contributed by atoms with Crippen molar-refractivity contribution in [3.63, 3.8) is 0 Å². The topological polar surface area (TPSA) is 89.1 Å². The molecule has 1 aliphatic heterocycles. The molecule has 2 aromatic heterocycles. The summed E-state index contributed by atoms with van der Waals surface area (Å²) >= 11 is 0. The molecule has 0 radical (unpaired) electrons. The first kappa shape index (κ1) is 37.5. The predicted octanol–water partition coefficient (Wildman–Crippen LogP) is 13.8. The van der Waals surface area contributed by atoms with Gasteiger partial charge in [0, 0.05) is 50.3 Å². The van der Waals surface area contributed by atoms with E-state index in [1.165, 1.54) is 0 Å². The minimum absolute atomic E-state index is 0.0648. The van der Waals surface area contributed by atoms with Gasteiger partial charge in [-0.3, -0.25) is 0 Å². The van der Waals surface area contributed by atoms with Crippen LogP contribution in [0.15, 0.2) is 185 Å². The number of hydrogen-bond acceptors (Lipinski definition) is 6. The van der Waals surface area contributed by atoms with Crippen LogP contribution >= 0.6 is 0 Å². The summed E-state index contributed by atoms with van der Waals surface area (Å²) in [6.07, 6.45) is 12.8. The van der Waals surface area contributed by atoms with E-state index in [-0.39, 0.29) is 5.92 Å². The molecule has 1 N–H and O–H groups in total. The van der Waals surface area contributed by atoms with E-state index in [1.807, 2.05) is 91.9 Å². The summed E-state index contributed by atoms with van der Waals surface area (Å²) in [5.41, 5.74) is 16.4. The molecule has 11 rings (SSSR count). The Bertz CT molecular complexity index is 3500. The number of anilines is 3. The van der Waals surface area contributed by atoms with Gasteiger partial charge in [-0.25, -0.2) is 0 Å². The molecule has 1 aliphatic carbocycles. The minimum Gasteiger partial charge on any atom is -0.456 e. The number of hydrogen-bond donors (Lipinski definition) is 1. The quantitative estimate of drug-likeness (QED) is 0.154. The lowest BCUT2D eigenvalue weighted by molar-refractivity contribution is 0.603. The summed E-state index contributed by atoms with van der Waals surface area (Å²) in [6, 6.07) is 54.0. The molecule has 0 spiro atoms. The predicted molar refractivity (Wildman–Crippen MR) is 259 cm³/mol. The van der Waals surface area contributed by atoms with E-state index in [0.717, 1.165) is 106 Å². The third kappa shape index (κ3) is 6.18. The summed E-state index contributed by atoms with van der Waals surface area (Å²) in [5.74, 6) is 0.687. The van der Waals surface area contributed by atoms with Gasteiger partial charge in [0.05, 0.1) is 23.3 Å². The first-order valence-electron chi connectivity index (χ1n) is 21.0. The first-order chi connectivity index (χ1) is 31.0. The Balaban J connectivity index is 1.14. The highest BCUT2D eigenvalue weighted by atomic mass is 16.3. The number of rotatable bonds is 8. The van der Waals surface area contributed by atoms with Crippen molar-refractivity contribution in [1.29, 1.82) is 10.5 Å². The SMILES string of the molecule is C=Cc1oc2cccc(C3=CC(c4cccc5c4B(Nc4ccc(C#N)cc4)N(c4ccc(C#N)cc4)c4ccc(-c6cccc7oc8ccccc8c67)cc4-5)C=C3)c2c1/C=C\C. The molecule has 7 heteroatoms. The fourth-order valence-corrected chi connectivity index (χ4v) is 9.55. The molecule has 63 heavy (non-hydrogen) atoms. The molecule has 0 saturated heterocycles. The van der Waals surface area contributed by atoms with Crippen LogP contribution in [-0.4, -0.2) is 6.98 Å². The van der Waals surface area contributed by atoms with Gasteiger partial charge in [-0.2, -0.15) is 10.5 Å². The average molecular weight is 809 g/mol.